The van der Waals surface area contributed by atoms with Crippen molar-refractivity contribution in [1.29, 1.82) is 0 Å². The molecule has 0 fully saturated rings. The van der Waals surface area contributed by atoms with Crippen LogP contribution in [0.1, 0.15) is 38.2 Å². The summed E-state index contributed by atoms with van der Waals surface area (Å²) < 4.78 is 28.1. The summed E-state index contributed by atoms with van der Waals surface area (Å²) in [5.74, 6) is 2.01. The average molecular weight is 586 g/mol. The molecule has 0 saturated heterocycles. The lowest BCUT2D eigenvalue weighted by atomic mass is 10.1. The second-order valence-corrected chi connectivity index (χ2v) is 10.2. The van der Waals surface area contributed by atoms with Gasteiger partial charge in [0.05, 0.1) is 37.5 Å². The van der Waals surface area contributed by atoms with Gasteiger partial charge in [-0.3, -0.25) is 19.0 Å². The van der Waals surface area contributed by atoms with Gasteiger partial charge in [0, 0.05) is 25.6 Å². The van der Waals surface area contributed by atoms with E-state index < -0.39 is 0 Å². The zero-order valence-electron chi connectivity index (χ0n) is 23.5. The molecular weight excluding hydrogens is 550 g/mol. The molecule has 1 aliphatic rings. The Balaban J connectivity index is 1.30. The fraction of sp³-hybridized carbons (Fsp3) is 0.448. The number of nitrogens with one attached hydrogen (secondary N) is 1. The molecule has 0 spiro atoms. The molecule has 2 heterocycles. The average Bonchev–Trinajstić information content (AvgIpc) is 3.43. The van der Waals surface area contributed by atoms with Crippen LogP contribution in [0.25, 0.3) is 10.9 Å². The van der Waals surface area contributed by atoms with Gasteiger partial charge >= 0.3 is 5.97 Å². The summed E-state index contributed by atoms with van der Waals surface area (Å²) in [7, 11) is 3.18. The number of fused-ring (bicyclic) bond motifs is 2. The van der Waals surface area contributed by atoms with Crippen molar-refractivity contribution in [2.45, 2.75) is 50.7 Å². The van der Waals surface area contributed by atoms with Gasteiger partial charge in [-0.05, 0) is 49.9 Å². The van der Waals surface area contributed by atoms with Crippen molar-refractivity contribution in [3.63, 3.8) is 0 Å². The predicted octanol–water partition coefficient (Wildman–Crippen LogP) is 3.72. The Bertz CT molecular complexity index is 1440. The van der Waals surface area contributed by atoms with E-state index in [2.05, 4.69) is 10.3 Å². The molecule has 2 aromatic carbocycles. The summed E-state index contributed by atoms with van der Waals surface area (Å²) in [5, 5.41) is 3.81. The summed E-state index contributed by atoms with van der Waals surface area (Å²) >= 11 is 1.16. The Labute approximate surface area is 242 Å². The Morgan fingerprint density at radius 1 is 1.05 bits per heavy atom. The molecule has 1 amide bonds. The predicted molar refractivity (Wildman–Crippen MR) is 154 cm³/mol. The summed E-state index contributed by atoms with van der Waals surface area (Å²) in [4.78, 5) is 42.4. The summed E-state index contributed by atoms with van der Waals surface area (Å²) in [6.07, 6.45) is 3.17. The van der Waals surface area contributed by atoms with E-state index in [1.807, 2.05) is 18.2 Å². The van der Waals surface area contributed by atoms with E-state index in [1.54, 1.807) is 37.8 Å². The zero-order chi connectivity index (χ0) is 29.2. The highest BCUT2D eigenvalue weighted by Crippen LogP contribution is 2.35. The van der Waals surface area contributed by atoms with Gasteiger partial charge in [0.25, 0.3) is 5.56 Å². The van der Waals surface area contributed by atoms with E-state index >= 15 is 0 Å². The summed E-state index contributed by atoms with van der Waals surface area (Å²) in [6, 6.07) is 9.03. The molecule has 0 unspecified atom stereocenters. The number of esters is 1. The highest BCUT2D eigenvalue weighted by Gasteiger charge is 2.20. The van der Waals surface area contributed by atoms with E-state index in [0.717, 1.165) is 23.7 Å². The van der Waals surface area contributed by atoms with Crippen LogP contribution in [0.2, 0.25) is 0 Å². The first-order chi connectivity index (χ1) is 19.9. The second kappa shape index (κ2) is 14.6. The number of benzene rings is 2. The number of unbranched alkanes of at least 4 members (excludes halogenated alkanes) is 2. The van der Waals surface area contributed by atoms with Crippen molar-refractivity contribution < 1.29 is 33.3 Å². The first-order valence-electron chi connectivity index (χ1n) is 13.5. The normalized spacial score (nSPS) is 11.9. The summed E-state index contributed by atoms with van der Waals surface area (Å²) in [5.41, 5.74) is 1.30. The largest absolute Gasteiger partial charge is 0.493 e. The maximum atomic E-state index is 13.4. The highest BCUT2D eigenvalue weighted by molar-refractivity contribution is 7.99. The second-order valence-electron chi connectivity index (χ2n) is 9.27. The molecule has 0 bridgehead atoms. The lowest BCUT2D eigenvalue weighted by Crippen LogP contribution is -2.25. The van der Waals surface area contributed by atoms with Crippen molar-refractivity contribution in [2.24, 2.45) is 0 Å². The van der Waals surface area contributed by atoms with Gasteiger partial charge in [-0.25, -0.2) is 4.98 Å². The molecule has 1 aliphatic heterocycles. The van der Waals surface area contributed by atoms with Crippen LogP contribution in [-0.4, -0.2) is 61.3 Å². The van der Waals surface area contributed by atoms with Gasteiger partial charge in [0.2, 0.25) is 12.7 Å². The minimum Gasteiger partial charge on any atom is -0.493 e. The molecule has 12 heteroatoms. The number of carbonyl (C=O) groups is 2. The molecule has 1 aromatic heterocycles. The number of amides is 1. The number of ether oxygens (including phenoxy) is 5. The zero-order valence-corrected chi connectivity index (χ0v) is 24.3. The molecule has 11 nitrogen and oxygen atoms in total. The van der Waals surface area contributed by atoms with Gasteiger partial charge in [-0.15, -0.1) is 0 Å². The smallest absolute Gasteiger partial charge is 0.316 e. The fourth-order valence-corrected chi connectivity index (χ4v) is 5.25. The maximum Gasteiger partial charge on any atom is 0.316 e. The van der Waals surface area contributed by atoms with Gasteiger partial charge in [0.1, 0.15) is 0 Å². The third-order valence-corrected chi connectivity index (χ3v) is 7.46. The van der Waals surface area contributed by atoms with Crippen LogP contribution in [0.5, 0.6) is 23.0 Å². The molecule has 220 valence electrons. The molecule has 4 rings (SSSR count). The van der Waals surface area contributed by atoms with Crippen LogP contribution in [0, 0.1) is 0 Å². The Morgan fingerprint density at radius 2 is 1.83 bits per heavy atom. The van der Waals surface area contributed by atoms with Crippen molar-refractivity contribution in [2.75, 3.05) is 39.9 Å². The fourth-order valence-electron chi connectivity index (χ4n) is 4.43. The van der Waals surface area contributed by atoms with E-state index in [-0.39, 0.29) is 36.6 Å². The molecule has 41 heavy (non-hydrogen) atoms. The quantitative estimate of drug-likeness (QED) is 0.122. The standard InChI is InChI=1S/C29H35N3O8S/c1-4-38-27(34)17-41-29-31-21-16-25-24(39-18-40-25)15-20(21)28(35)32(29)13-7-5-6-8-26(33)30-12-11-19-9-10-22(36-2)23(14-19)37-3/h9-10,14-16H,4-8,11-13,17-18H2,1-3H3,(H,30,33). The number of methoxy groups -OCH3 is 2. The van der Waals surface area contributed by atoms with Crippen molar-refractivity contribution in [3.8, 4) is 23.0 Å². The minimum atomic E-state index is -0.374. The van der Waals surface area contributed by atoms with E-state index in [1.165, 1.54) is 0 Å². The molecule has 3 aromatic rings. The highest BCUT2D eigenvalue weighted by atomic mass is 32.2. The van der Waals surface area contributed by atoms with Crippen LogP contribution in [0.15, 0.2) is 40.3 Å². The topological polar surface area (TPSA) is 127 Å². The molecular formula is C29H35N3O8S. The van der Waals surface area contributed by atoms with Gasteiger partial charge < -0.3 is 29.0 Å². The van der Waals surface area contributed by atoms with Gasteiger partial charge in [-0.2, -0.15) is 0 Å². The first-order valence-corrected chi connectivity index (χ1v) is 14.5. The van der Waals surface area contributed by atoms with Gasteiger partial charge in [0.15, 0.2) is 28.2 Å². The lowest BCUT2D eigenvalue weighted by molar-refractivity contribution is -0.139. The molecule has 0 saturated carbocycles. The van der Waals surface area contributed by atoms with E-state index in [0.29, 0.717) is 77.8 Å². The van der Waals surface area contributed by atoms with Crippen LogP contribution >= 0.6 is 11.8 Å². The van der Waals surface area contributed by atoms with Crippen molar-refractivity contribution in [1.82, 2.24) is 14.9 Å². The third-order valence-electron chi connectivity index (χ3n) is 6.51. The number of nitrogens with zero attached hydrogens (tertiary/aromatic N) is 2. The molecule has 1 N–H and O–H groups in total. The van der Waals surface area contributed by atoms with Gasteiger partial charge in [-0.1, -0.05) is 24.2 Å². The number of thioether (sulfide) groups is 1. The minimum absolute atomic E-state index is 0.0169. The monoisotopic (exact) mass is 585 g/mol. The van der Waals surface area contributed by atoms with Crippen molar-refractivity contribution >= 4 is 34.5 Å². The Kier molecular flexibility index (Phi) is 10.7. The van der Waals surface area contributed by atoms with E-state index in [9.17, 15) is 14.4 Å². The Morgan fingerprint density at radius 3 is 2.59 bits per heavy atom. The maximum absolute atomic E-state index is 13.4. The lowest BCUT2D eigenvalue weighted by Gasteiger charge is -2.13. The van der Waals surface area contributed by atoms with Crippen LogP contribution < -0.4 is 29.8 Å². The first kappa shape index (κ1) is 30.0. The Hall–Kier alpha value is -3.93. The summed E-state index contributed by atoms with van der Waals surface area (Å²) in [6.45, 7) is 3.04. The molecule has 0 atom stereocenters. The number of rotatable bonds is 15. The molecule has 0 aliphatic carbocycles. The third kappa shape index (κ3) is 7.84. The van der Waals surface area contributed by atoms with Crippen LogP contribution in [0.3, 0.4) is 0 Å². The van der Waals surface area contributed by atoms with Crippen molar-refractivity contribution in [3.05, 3.63) is 46.2 Å². The van der Waals surface area contributed by atoms with Crippen LogP contribution in [0.4, 0.5) is 0 Å². The number of carbonyl (C=O) groups excluding carboxylic acids is 2. The number of hydrogen-bond donors (Lipinski definition) is 1. The number of hydrogen-bond acceptors (Lipinski definition) is 10. The molecule has 0 radical (unpaired) electrons. The SMILES string of the molecule is CCOC(=O)CSc1nc2cc3c(cc2c(=O)n1CCCCCC(=O)NCCc1ccc(OC)c(OC)c1)OCO3. The van der Waals surface area contributed by atoms with E-state index in [4.69, 9.17) is 23.7 Å². The number of aromatic nitrogens is 2. The van der Waals surface area contributed by atoms with Crippen LogP contribution in [-0.2, 0) is 27.3 Å².